The predicted octanol–water partition coefficient (Wildman–Crippen LogP) is 3.42. The fourth-order valence-corrected chi connectivity index (χ4v) is 2.05. The van der Waals surface area contributed by atoms with Crippen LogP contribution in [0, 0.1) is 0 Å². The van der Waals surface area contributed by atoms with Crippen LogP contribution in [0.15, 0.2) is 48.8 Å². The van der Waals surface area contributed by atoms with E-state index in [-0.39, 0.29) is 6.10 Å². The molecule has 0 amide bonds. The second-order valence-corrected chi connectivity index (χ2v) is 4.47. The second kappa shape index (κ2) is 4.88. The first-order chi connectivity index (χ1) is 8.83. The molecule has 18 heavy (non-hydrogen) atoms. The number of ether oxygens (including phenoxy) is 1. The molecule has 90 valence electrons. The van der Waals surface area contributed by atoms with E-state index in [1.807, 2.05) is 36.4 Å². The van der Waals surface area contributed by atoms with E-state index in [4.69, 9.17) is 16.3 Å². The maximum Gasteiger partial charge on any atom is 0.159 e. The van der Waals surface area contributed by atoms with Crippen molar-refractivity contribution in [3.63, 3.8) is 0 Å². The normalized spacial score (nSPS) is 18.2. The van der Waals surface area contributed by atoms with Gasteiger partial charge in [-0.3, -0.25) is 0 Å². The van der Waals surface area contributed by atoms with E-state index in [1.54, 1.807) is 12.4 Å². The third-order valence-electron chi connectivity index (χ3n) is 2.77. The Morgan fingerprint density at radius 3 is 2.72 bits per heavy atom. The molecule has 2 heterocycles. The molecule has 3 rings (SSSR count). The zero-order valence-corrected chi connectivity index (χ0v) is 10.3. The van der Waals surface area contributed by atoms with E-state index in [9.17, 15) is 0 Å². The van der Waals surface area contributed by atoms with Gasteiger partial charge in [0, 0.05) is 28.5 Å². The highest BCUT2D eigenvalue weighted by Gasteiger charge is 2.13. The van der Waals surface area contributed by atoms with Gasteiger partial charge >= 0.3 is 0 Å². The predicted molar refractivity (Wildman–Crippen MR) is 70.3 cm³/mol. The van der Waals surface area contributed by atoms with Gasteiger partial charge in [-0.25, -0.2) is 9.97 Å². The molecule has 0 fully saturated rings. The number of aromatic nitrogens is 2. The van der Waals surface area contributed by atoms with E-state index < -0.39 is 0 Å². The van der Waals surface area contributed by atoms with E-state index in [0.29, 0.717) is 17.5 Å². The summed E-state index contributed by atoms with van der Waals surface area (Å²) in [4.78, 5) is 8.70. The summed E-state index contributed by atoms with van der Waals surface area (Å²) in [6.45, 7) is 0.653. The lowest BCUT2D eigenvalue weighted by molar-refractivity contribution is 0.129. The minimum absolute atomic E-state index is 0.0154. The molecule has 0 aliphatic carbocycles. The van der Waals surface area contributed by atoms with E-state index in [0.717, 1.165) is 11.1 Å². The van der Waals surface area contributed by atoms with Crippen LogP contribution < -0.4 is 0 Å². The molecule has 1 atom stereocenters. The standard InChI is InChI=1S/C14H11ClN2O/c15-12-4-1-3-10(7-12)14-16-8-11(9-17-14)13-5-2-6-18-13/h1-5,7-9,13H,6H2/t13-/m0/s1. The minimum atomic E-state index is -0.0154. The highest BCUT2D eigenvalue weighted by Crippen LogP contribution is 2.24. The topological polar surface area (TPSA) is 35.0 Å². The van der Waals surface area contributed by atoms with Crippen molar-refractivity contribution in [3.05, 3.63) is 59.4 Å². The fourth-order valence-electron chi connectivity index (χ4n) is 1.86. The first-order valence-electron chi connectivity index (χ1n) is 5.69. The number of benzene rings is 1. The average Bonchev–Trinajstić information content (AvgIpc) is 2.93. The van der Waals surface area contributed by atoms with Gasteiger partial charge in [0.15, 0.2) is 5.82 Å². The van der Waals surface area contributed by atoms with Crippen molar-refractivity contribution in [2.45, 2.75) is 6.10 Å². The summed E-state index contributed by atoms with van der Waals surface area (Å²) in [5.74, 6) is 0.670. The van der Waals surface area contributed by atoms with E-state index in [1.165, 1.54) is 0 Å². The zero-order valence-electron chi connectivity index (χ0n) is 9.58. The SMILES string of the molecule is Clc1cccc(-c2ncc([C@@H]3C=CCO3)cn2)c1. The Morgan fingerprint density at radius 1 is 1.22 bits per heavy atom. The van der Waals surface area contributed by atoms with Gasteiger partial charge in [0.2, 0.25) is 0 Å². The van der Waals surface area contributed by atoms with Crippen LogP contribution in [0.1, 0.15) is 11.7 Å². The summed E-state index contributed by atoms with van der Waals surface area (Å²) < 4.78 is 5.49. The van der Waals surface area contributed by atoms with Gasteiger partial charge < -0.3 is 4.74 Å². The van der Waals surface area contributed by atoms with Gasteiger partial charge in [0.25, 0.3) is 0 Å². The van der Waals surface area contributed by atoms with Gasteiger partial charge in [-0.05, 0) is 12.1 Å². The Balaban J connectivity index is 1.88. The monoisotopic (exact) mass is 258 g/mol. The molecule has 1 aliphatic heterocycles. The molecule has 0 saturated carbocycles. The summed E-state index contributed by atoms with van der Waals surface area (Å²) in [5.41, 5.74) is 1.88. The molecule has 0 unspecified atom stereocenters. The highest BCUT2D eigenvalue weighted by molar-refractivity contribution is 6.30. The van der Waals surface area contributed by atoms with Crippen molar-refractivity contribution in [2.24, 2.45) is 0 Å². The van der Waals surface area contributed by atoms with Gasteiger partial charge in [0.05, 0.1) is 6.61 Å². The Morgan fingerprint density at radius 2 is 2.06 bits per heavy atom. The molecule has 0 radical (unpaired) electrons. The molecule has 2 aromatic rings. The Labute approximate surface area is 110 Å². The quantitative estimate of drug-likeness (QED) is 0.774. The molecule has 0 spiro atoms. The van der Waals surface area contributed by atoms with Crippen molar-refractivity contribution in [1.82, 2.24) is 9.97 Å². The average molecular weight is 259 g/mol. The molecule has 0 saturated heterocycles. The smallest absolute Gasteiger partial charge is 0.159 e. The van der Waals surface area contributed by atoms with Gasteiger partial charge in [0.1, 0.15) is 6.10 Å². The first-order valence-corrected chi connectivity index (χ1v) is 6.07. The molecule has 1 aromatic carbocycles. The molecule has 1 aromatic heterocycles. The summed E-state index contributed by atoms with van der Waals surface area (Å²) in [7, 11) is 0. The number of halogens is 1. The van der Waals surface area contributed by atoms with Crippen LogP contribution in [0.4, 0.5) is 0 Å². The molecular weight excluding hydrogens is 248 g/mol. The summed E-state index contributed by atoms with van der Waals surface area (Å²) >= 11 is 5.94. The highest BCUT2D eigenvalue weighted by atomic mass is 35.5. The van der Waals surface area contributed by atoms with Gasteiger partial charge in [-0.15, -0.1) is 0 Å². The number of hydrogen-bond donors (Lipinski definition) is 0. The van der Waals surface area contributed by atoms with Crippen LogP contribution in [0.2, 0.25) is 5.02 Å². The fraction of sp³-hybridized carbons (Fsp3) is 0.143. The van der Waals surface area contributed by atoms with Gasteiger partial charge in [-0.1, -0.05) is 35.9 Å². The maximum atomic E-state index is 5.94. The number of nitrogens with zero attached hydrogens (tertiary/aromatic N) is 2. The summed E-state index contributed by atoms with van der Waals surface area (Å²) in [5, 5.41) is 0.683. The molecular formula is C14H11ClN2O. The van der Waals surface area contributed by atoms with Crippen molar-refractivity contribution in [2.75, 3.05) is 6.61 Å². The Hall–Kier alpha value is -1.71. The van der Waals surface area contributed by atoms with Crippen LogP contribution in [0.3, 0.4) is 0 Å². The zero-order chi connectivity index (χ0) is 12.4. The van der Waals surface area contributed by atoms with E-state index >= 15 is 0 Å². The van der Waals surface area contributed by atoms with Crippen molar-refractivity contribution in [3.8, 4) is 11.4 Å². The van der Waals surface area contributed by atoms with E-state index in [2.05, 4.69) is 9.97 Å². The maximum absolute atomic E-state index is 5.94. The number of hydrogen-bond acceptors (Lipinski definition) is 3. The second-order valence-electron chi connectivity index (χ2n) is 4.03. The molecule has 4 heteroatoms. The van der Waals surface area contributed by atoms with Crippen LogP contribution in [0.25, 0.3) is 11.4 Å². The third kappa shape index (κ3) is 2.28. The van der Waals surface area contributed by atoms with Crippen molar-refractivity contribution in [1.29, 1.82) is 0 Å². The first kappa shape index (κ1) is 11.4. The van der Waals surface area contributed by atoms with Crippen LogP contribution in [0.5, 0.6) is 0 Å². The summed E-state index contributed by atoms with van der Waals surface area (Å²) in [6.07, 6.45) is 7.58. The Kier molecular flexibility index (Phi) is 3.09. The molecule has 1 aliphatic rings. The van der Waals surface area contributed by atoms with Crippen LogP contribution >= 0.6 is 11.6 Å². The van der Waals surface area contributed by atoms with Crippen LogP contribution in [-0.2, 0) is 4.74 Å². The largest absolute Gasteiger partial charge is 0.365 e. The van der Waals surface area contributed by atoms with Crippen molar-refractivity contribution >= 4 is 11.6 Å². The lowest BCUT2D eigenvalue weighted by Crippen LogP contribution is -1.99. The van der Waals surface area contributed by atoms with Crippen molar-refractivity contribution < 1.29 is 4.74 Å². The molecule has 3 nitrogen and oxygen atoms in total. The van der Waals surface area contributed by atoms with Crippen LogP contribution in [-0.4, -0.2) is 16.6 Å². The third-order valence-corrected chi connectivity index (χ3v) is 3.00. The number of rotatable bonds is 2. The summed E-state index contributed by atoms with van der Waals surface area (Å²) in [6, 6.07) is 7.50. The lowest BCUT2D eigenvalue weighted by Gasteiger charge is -2.08. The molecule has 0 bridgehead atoms. The minimum Gasteiger partial charge on any atom is -0.365 e. The molecule has 0 N–H and O–H groups in total. The van der Waals surface area contributed by atoms with Gasteiger partial charge in [-0.2, -0.15) is 0 Å². The lowest BCUT2D eigenvalue weighted by atomic mass is 10.2. The Bertz CT molecular complexity index is 581.